The number of halogens is 2. The van der Waals surface area contributed by atoms with Crippen molar-refractivity contribution in [1.29, 1.82) is 0 Å². The number of urea groups is 1. The molecule has 8 heteroatoms. The van der Waals surface area contributed by atoms with Gasteiger partial charge in [-0.15, -0.1) is 0 Å². The molecule has 3 aromatic carbocycles. The van der Waals surface area contributed by atoms with Crippen molar-refractivity contribution in [2.24, 2.45) is 0 Å². The first-order valence-corrected chi connectivity index (χ1v) is 10.2. The van der Waals surface area contributed by atoms with Crippen molar-refractivity contribution in [2.75, 3.05) is 4.90 Å². The molecule has 0 aliphatic carbocycles. The van der Waals surface area contributed by atoms with Crippen LogP contribution >= 0.6 is 0 Å². The predicted octanol–water partition coefficient (Wildman–Crippen LogP) is 5.72. The minimum absolute atomic E-state index is 0.169. The minimum Gasteiger partial charge on any atom is -0.334 e. The van der Waals surface area contributed by atoms with Crippen molar-refractivity contribution in [3.8, 4) is 11.4 Å². The zero-order valence-electron chi connectivity index (χ0n) is 17.5. The van der Waals surface area contributed by atoms with Crippen LogP contribution in [0.5, 0.6) is 0 Å². The van der Waals surface area contributed by atoms with Crippen molar-refractivity contribution >= 4 is 17.3 Å². The van der Waals surface area contributed by atoms with Crippen LogP contribution in [0.2, 0.25) is 0 Å². The van der Waals surface area contributed by atoms with E-state index in [9.17, 15) is 13.6 Å². The smallest absolute Gasteiger partial charge is 0.326 e. The molecule has 1 atom stereocenters. The summed E-state index contributed by atoms with van der Waals surface area (Å²) in [6.07, 6.45) is 0. The number of benzene rings is 3. The Kier molecular flexibility index (Phi) is 5.18. The van der Waals surface area contributed by atoms with Crippen LogP contribution < -0.4 is 10.2 Å². The molecule has 6 nitrogen and oxygen atoms in total. The molecule has 164 valence electrons. The lowest BCUT2D eigenvalue weighted by atomic mass is 9.94. The monoisotopic (exact) mass is 444 g/mol. The number of allylic oxidation sites excluding steroid dienone is 1. The second kappa shape index (κ2) is 8.31. The van der Waals surface area contributed by atoms with E-state index in [2.05, 4.69) is 15.5 Å². The van der Waals surface area contributed by atoms with Gasteiger partial charge in [0.25, 0.3) is 5.89 Å². The standard InChI is InChI=1S/C25H18F2N4O2/c1-15-21(24-29-23(30-33-24)16-10-12-18(26)13-11-16)22(17-6-5-7-19(27)14-17)28-25(32)31(15)20-8-3-2-4-9-20/h2-14,22H,1H3,(H,28,32). The molecule has 1 aromatic heterocycles. The number of para-hydroxylation sites is 1. The molecule has 5 rings (SSSR count). The average Bonchev–Trinajstić information content (AvgIpc) is 3.29. The Bertz CT molecular complexity index is 1350. The number of anilines is 1. The Labute approximate surface area is 188 Å². The summed E-state index contributed by atoms with van der Waals surface area (Å²) in [5.41, 5.74) is 2.86. The van der Waals surface area contributed by atoms with E-state index in [-0.39, 0.29) is 23.6 Å². The number of amides is 2. The van der Waals surface area contributed by atoms with Gasteiger partial charge in [-0.25, -0.2) is 13.6 Å². The van der Waals surface area contributed by atoms with Gasteiger partial charge in [0, 0.05) is 11.3 Å². The summed E-state index contributed by atoms with van der Waals surface area (Å²) >= 11 is 0. The molecule has 1 aliphatic heterocycles. The number of aromatic nitrogens is 2. The number of rotatable bonds is 4. The Morgan fingerprint density at radius 1 is 0.939 bits per heavy atom. The summed E-state index contributed by atoms with van der Waals surface area (Å²) in [5, 5.41) is 6.97. The number of hydrogen-bond acceptors (Lipinski definition) is 4. The summed E-state index contributed by atoms with van der Waals surface area (Å²) in [6.45, 7) is 1.77. The van der Waals surface area contributed by atoms with E-state index >= 15 is 0 Å². The van der Waals surface area contributed by atoms with E-state index in [0.29, 0.717) is 28.1 Å². The lowest BCUT2D eigenvalue weighted by Gasteiger charge is -2.35. The lowest BCUT2D eigenvalue weighted by molar-refractivity contribution is 0.244. The van der Waals surface area contributed by atoms with Gasteiger partial charge >= 0.3 is 6.03 Å². The first-order chi connectivity index (χ1) is 16.0. The zero-order valence-corrected chi connectivity index (χ0v) is 17.5. The van der Waals surface area contributed by atoms with E-state index in [0.717, 1.165) is 0 Å². The molecule has 0 saturated carbocycles. The third-order valence-corrected chi connectivity index (χ3v) is 5.44. The maximum absolute atomic E-state index is 14.0. The van der Waals surface area contributed by atoms with Gasteiger partial charge < -0.3 is 9.84 Å². The van der Waals surface area contributed by atoms with Crippen LogP contribution in [-0.2, 0) is 0 Å². The largest absolute Gasteiger partial charge is 0.334 e. The van der Waals surface area contributed by atoms with E-state index in [1.54, 1.807) is 43.3 Å². The van der Waals surface area contributed by atoms with Crippen molar-refractivity contribution < 1.29 is 18.1 Å². The second-order valence-corrected chi connectivity index (χ2v) is 7.54. The predicted molar refractivity (Wildman–Crippen MR) is 119 cm³/mol. The molecule has 1 unspecified atom stereocenters. The summed E-state index contributed by atoms with van der Waals surface area (Å²) in [4.78, 5) is 19.1. The van der Waals surface area contributed by atoms with E-state index in [1.807, 2.05) is 18.2 Å². The van der Waals surface area contributed by atoms with Crippen LogP contribution in [0, 0.1) is 11.6 Å². The highest BCUT2D eigenvalue weighted by Crippen LogP contribution is 2.39. The van der Waals surface area contributed by atoms with Crippen molar-refractivity contribution in [1.82, 2.24) is 15.5 Å². The molecular formula is C25H18F2N4O2. The Morgan fingerprint density at radius 2 is 1.70 bits per heavy atom. The molecule has 4 aromatic rings. The SMILES string of the molecule is CC1=C(c2nc(-c3ccc(F)cc3)no2)C(c2cccc(F)c2)NC(=O)N1c1ccccc1. The van der Waals surface area contributed by atoms with E-state index in [1.165, 1.54) is 29.2 Å². The molecule has 0 saturated heterocycles. The molecule has 2 heterocycles. The first kappa shape index (κ1) is 20.6. The fraction of sp³-hybridized carbons (Fsp3) is 0.0800. The quantitative estimate of drug-likeness (QED) is 0.437. The third-order valence-electron chi connectivity index (χ3n) is 5.44. The maximum atomic E-state index is 14.0. The summed E-state index contributed by atoms with van der Waals surface area (Å²) in [6, 6.07) is 19.7. The highest BCUT2D eigenvalue weighted by Gasteiger charge is 2.36. The molecule has 2 amide bonds. The second-order valence-electron chi connectivity index (χ2n) is 7.54. The topological polar surface area (TPSA) is 71.3 Å². The van der Waals surface area contributed by atoms with Gasteiger partial charge in [-0.05, 0) is 61.0 Å². The van der Waals surface area contributed by atoms with Crippen LogP contribution in [0.3, 0.4) is 0 Å². The molecular weight excluding hydrogens is 426 g/mol. The lowest BCUT2D eigenvalue weighted by Crippen LogP contribution is -2.46. The van der Waals surface area contributed by atoms with Gasteiger partial charge in [0.05, 0.1) is 17.3 Å². The van der Waals surface area contributed by atoms with E-state index < -0.39 is 11.9 Å². The van der Waals surface area contributed by atoms with Crippen molar-refractivity contribution in [3.05, 3.63) is 108 Å². The number of carbonyl (C=O) groups is 1. The molecule has 0 fully saturated rings. The molecule has 0 spiro atoms. The van der Waals surface area contributed by atoms with Gasteiger partial charge in [0.15, 0.2) is 0 Å². The third kappa shape index (κ3) is 3.87. The molecule has 0 radical (unpaired) electrons. The van der Waals surface area contributed by atoms with Crippen LogP contribution in [0.4, 0.5) is 19.3 Å². The fourth-order valence-corrected chi connectivity index (χ4v) is 3.89. The Hall–Kier alpha value is -4.33. The first-order valence-electron chi connectivity index (χ1n) is 10.2. The van der Waals surface area contributed by atoms with Gasteiger partial charge in [0.1, 0.15) is 11.6 Å². The van der Waals surface area contributed by atoms with Gasteiger partial charge in [-0.2, -0.15) is 4.98 Å². The van der Waals surface area contributed by atoms with Crippen LogP contribution in [0.15, 0.2) is 89.1 Å². The van der Waals surface area contributed by atoms with Crippen LogP contribution in [-0.4, -0.2) is 16.2 Å². The zero-order chi connectivity index (χ0) is 22.9. The molecule has 0 bridgehead atoms. The number of carbonyl (C=O) groups excluding carboxylic acids is 1. The Morgan fingerprint density at radius 3 is 2.42 bits per heavy atom. The molecule has 33 heavy (non-hydrogen) atoms. The average molecular weight is 444 g/mol. The maximum Gasteiger partial charge on any atom is 0.326 e. The number of hydrogen-bond donors (Lipinski definition) is 1. The summed E-state index contributed by atoms with van der Waals surface area (Å²) in [5.74, 6) is -0.365. The fourth-order valence-electron chi connectivity index (χ4n) is 3.89. The highest BCUT2D eigenvalue weighted by atomic mass is 19.1. The summed E-state index contributed by atoms with van der Waals surface area (Å²) < 4.78 is 32.9. The van der Waals surface area contributed by atoms with Crippen molar-refractivity contribution in [2.45, 2.75) is 13.0 Å². The Balaban J connectivity index is 1.66. The summed E-state index contributed by atoms with van der Waals surface area (Å²) in [7, 11) is 0. The van der Waals surface area contributed by atoms with Gasteiger partial charge in [0.2, 0.25) is 5.82 Å². The molecule has 1 aliphatic rings. The van der Waals surface area contributed by atoms with E-state index in [4.69, 9.17) is 4.52 Å². The molecule has 1 N–H and O–H groups in total. The highest BCUT2D eigenvalue weighted by molar-refractivity contribution is 6.01. The van der Waals surface area contributed by atoms with Crippen LogP contribution in [0.25, 0.3) is 17.0 Å². The number of nitrogens with zero attached hydrogens (tertiary/aromatic N) is 3. The van der Waals surface area contributed by atoms with Gasteiger partial charge in [-0.1, -0.05) is 35.5 Å². The minimum atomic E-state index is -0.713. The van der Waals surface area contributed by atoms with Gasteiger partial charge in [-0.3, -0.25) is 4.90 Å². The number of nitrogens with one attached hydrogen (secondary N) is 1. The van der Waals surface area contributed by atoms with Crippen molar-refractivity contribution in [3.63, 3.8) is 0 Å². The normalized spacial score (nSPS) is 16.2. The van der Waals surface area contributed by atoms with Crippen LogP contribution in [0.1, 0.15) is 24.4 Å².